The average molecular weight is 249 g/mol. The van der Waals surface area contributed by atoms with Crippen molar-refractivity contribution in [2.24, 2.45) is 5.92 Å². The summed E-state index contributed by atoms with van der Waals surface area (Å²) < 4.78 is 5.50. The normalized spacial score (nSPS) is 14.5. The third-order valence-corrected chi connectivity index (χ3v) is 3.02. The summed E-state index contributed by atoms with van der Waals surface area (Å²) in [6, 6.07) is 5.29. The molecular weight excluding hydrogens is 230 g/mol. The van der Waals surface area contributed by atoms with Crippen molar-refractivity contribution >= 4 is 11.7 Å². The molecule has 2 N–H and O–H groups in total. The van der Waals surface area contributed by atoms with Crippen LogP contribution >= 0.6 is 0 Å². The van der Waals surface area contributed by atoms with Gasteiger partial charge in [-0.1, -0.05) is 6.07 Å². The molecular formula is C14H19NO3. The van der Waals surface area contributed by atoms with Crippen LogP contribution in [0.5, 0.6) is 0 Å². The molecule has 0 heterocycles. The molecule has 98 valence electrons. The fourth-order valence-electron chi connectivity index (χ4n) is 1.78. The highest BCUT2D eigenvalue weighted by molar-refractivity contribution is 5.94. The summed E-state index contributed by atoms with van der Waals surface area (Å²) in [5.74, 6) is -0.144. The molecule has 0 atom stereocenters. The molecule has 4 nitrogen and oxygen atoms in total. The van der Waals surface area contributed by atoms with Gasteiger partial charge in [0, 0.05) is 18.8 Å². The summed E-state index contributed by atoms with van der Waals surface area (Å²) in [5.41, 5.74) is 2.02. The van der Waals surface area contributed by atoms with E-state index in [0.717, 1.165) is 18.1 Å². The van der Waals surface area contributed by atoms with Crippen LogP contribution in [0, 0.1) is 12.8 Å². The van der Waals surface area contributed by atoms with Gasteiger partial charge in [0.25, 0.3) is 0 Å². The average Bonchev–Trinajstić information content (AvgIpc) is 3.12. The maximum Gasteiger partial charge on any atom is 0.337 e. The fraction of sp³-hybridized carbons (Fsp3) is 0.500. The van der Waals surface area contributed by atoms with Crippen molar-refractivity contribution in [1.82, 2.24) is 0 Å². The molecule has 1 aliphatic rings. The predicted molar refractivity (Wildman–Crippen MR) is 70.2 cm³/mol. The minimum atomic E-state index is -0.906. The largest absolute Gasteiger partial charge is 0.478 e. The van der Waals surface area contributed by atoms with Gasteiger partial charge < -0.3 is 15.2 Å². The van der Waals surface area contributed by atoms with E-state index < -0.39 is 5.97 Å². The highest BCUT2D eigenvalue weighted by Gasteiger charge is 2.20. The van der Waals surface area contributed by atoms with Crippen molar-refractivity contribution < 1.29 is 14.6 Å². The molecule has 0 amide bonds. The van der Waals surface area contributed by atoms with Crippen molar-refractivity contribution in [3.05, 3.63) is 29.3 Å². The van der Waals surface area contributed by atoms with Gasteiger partial charge in [0.1, 0.15) is 0 Å². The van der Waals surface area contributed by atoms with Gasteiger partial charge in [-0.25, -0.2) is 4.79 Å². The smallest absolute Gasteiger partial charge is 0.337 e. The second kappa shape index (κ2) is 5.87. The zero-order valence-corrected chi connectivity index (χ0v) is 10.6. The first-order valence-electron chi connectivity index (χ1n) is 6.32. The number of ether oxygens (including phenoxy) is 1. The van der Waals surface area contributed by atoms with E-state index in [1.54, 1.807) is 12.1 Å². The van der Waals surface area contributed by atoms with Crippen LogP contribution in [0.15, 0.2) is 18.2 Å². The van der Waals surface area contributed by atoms with Crippen LogP contribution in [0.4, 0.5) is 5.69 Å². The van der Waals surface area contributed by atoms with Gasteiger partial charge in [-0.15, -0.1) is 0 Å². The van der Waals surface area contributed by atoms with Crippen LogP contribution in [0.25, 0.3) is 0 Å². The molecule has 0 aliphatic heterocycles. The van der Waals surface area contributed by atoms with Gasteiger partial charge in [-0.2, -0.15) is 0 Å². The molecule has 2 rings (SSSR count). The summed E-state index contributed by atoms with van der Waals surface area (Å²) in [5, 5.41) is 12.2. The van der Waals surface area contributed by atoms with Crippen molar-refractivity contribution in [2.75, 3.05) is 25.1 Å². The molecule has 1 aliphatic carbocycles. The number of hydrogen-bond donors (Lipinski definition) is 2. The summed E-state index contributed by atoms with van der Waals surface area (Å²) in [6.45, 7) is 4.03. The molecule has 1 fully saturated rings. The Morgan fingerprint density at radius 2 is 2.28 bits per heavy atom. The molecule has 0 unspecified atom stereocenters. The van der Waals surface area contributed by atoms with Gasteiger partial charge in [0.15, 0.2) is 0 Å². The number of carbonyl (C=O) groups is 1. The van der Waals surface area contributed by atoms with Crippen molar-refractivity contribution in [2.45, 2.75) is 19.8 Å². The molecule has 0 aromatic heterocycles. The van der Waals surface area contributed by atoms with Gasteiger partial charge in [-0.05, 0) is 43.4 Å². The number of aromatic carboxylic acids is 1. The Morgan fingerprint density at radius 3 is 2.94 bits per heavy atom. The van der Waals surface area contributed by atoms with Crippen LogP contribution in [-0.2, 0) is 4.74 Å². The molecule has 0 spiro atoms. The van der Waals surface area contributed by atoms with Crippen LogP contribution in [0.3, 0.4) is 0 Å². The van der Waals surface area contributed by atoms with Crippen LogP contribution in [-0.4, -0.2) is 30.8 Å². The summed E-state index contributed by atoms with van der Waals surface area (Å²) in [7, 11) is 0. The van der Waals surface area contributed by atoms with Crippen LogP contribution in [0.2, 0.25) is 0 Å². The first-order chi connectivity index (χ1) is 8.66. The van der Waals surface area contributed by atoms with Gasteiger partial charge in [0.05, 0.1) is 12.2 Å². The monoisotopic (exact) mass is 249 g/mol. The van der Waals surface area contributed by atoms with Crippen LogP contribution < -0.4 is 5.32 Å². The van der Waals surface area contributed by atoms with E-state index in [9.17, 15) is 4.79 Å². The second-order valence-electron chi connectivity index (χ2n) is 4.80. The highest BCUT2D eigenvalue weighted by Crippen LogP contribution is 2.28. The SMILES string of the molecule is Cc1ccc(C(=O)O)c(NCCOCC2CC2)c1. The number of rotatable bonds is 7. The summed E-state index contributed by atoms with van der Waals surface area (Å²) in [6.07, 6.45) is 2.57. The molecule has 1 aromatic rings. The minimum absolute atomic E-state index is 0.308. The van der Waals surface area contributed by atoms with E-state index in [-0.39, 0.29) is 0 Å². The Hall–Kier alpha value is -1.55. The standard InChI is InChI=1S/C14H19NO3/c1-10-2-5-12(14(16)17)13(8-10)15-6-7-18-9-11-3-4-11/h2,5,8,11,15H,3-4,6-7,9H2,1H3,(H,16,17). The fourth-order valence-corrected chi connectivity index (χ4v) is 1.78. The van der Waals surface area contributed by atoms with Crippen molar-refractivity contribution in [1.29, 1.82) is 0 Å². The summed E-state index contributed by atoms with van der Waals surface area (Å²) >= 11 is 0. The molecule has 0 bridgehead atoms. The third kappa shape index (κ3) is 3.74. The number of hydrogen-bond acceptors (Lipinski definition) is 3. The van der Waals surface area contributed by atoms with E-state index in [4.69, 9.17) is 9.84 Å². The lowest BCUT2D eigenvalue weighted by Gasteiger charge is -2.10. The molecule has 0 radical (unpaired) electrons. The lowest BCUT2D eigenvalue weighted by Crippen LogP contribution is -2.13. The Labute approximate surface area is 107 Å². The van der Waals surface area contributed by atoms with Gasteiger partial charge in [-0.3, -0.25) is 0 Å². The van der Waals surface area contributed by atoms with Gasteiger partial charge in [0.2, 0.25) is 0 Å². The van der Waals surface area contributed by atoms with E-state index >= 15 is 0 Å². The first kappa shape index (κ1) is 12.9. The number of carboxylic acids is 1. The molecule has 0 saturated heterocycles. The molecule has 4 heteroatoms. The molecule has 18 heavy (non-hydrogen) atoms. The highest BCUT2D eigenvalue weighted by atomic mass is 16.5. The Bertz CT molecular complexity index is 427. The zero-order valence-electron chi connectivity index (χ0n) is 10.6. The lowest BCUT2D eigenvalue weighted by atomic mass is 10.1. The minimum Gasteiger partial charge on any atom is -0.478 e. The van der Waals surface area contributed by atoms with Crippen LogP contribution in [0.1, 0.15) is 28.8 Å². The summed E-state index contributed by atoms with van der Waals surface area (Å²) in [4.78, 5) is 11.0. The number of aryl methyl sites for hydroxylation is 1. The molecule has 1 aromatic carbocycles. The quantitative estimate of drug-likeness (QED) is 0.729. The molecule has 1 saturated carbocycles. The van der Waals surface area contributed by atoms with E-state index in [1.807, 2.05) is 13.0 Å². The Morgan fingerprint density at radius 1 is 1.50 bits per heavy atom. The maximum absolute atomic E-state index is 11.0. The predicted octanol–water partition coefficient (Wildman–Crippen LogP) is 2.53. The first-order valence-corrected chi connectivity index (χ1v) is 6.32. The lowest BCUT2D eigenvalue weighted by molar-refractivity contribution is 0.0698. The number of carboxylic acid groups (broad SMARTS) is 1. The number of nitrogens with one attached hydrogen (secondary N) is 1. The second-order valence-corrected chi connectivity index (χ2v) is 4.80. The number of anilines is 1. The zero-order chi connectivity index (χ0) is 13.0. The van der Waals surface area contributed by atoms with E-state index in [0.29, 0.717) is 24.4 Å². The van der Waals surface area contributed by atoms with Gasteiger partial charge >= 0.3 is 5.97 Å². The van der Waals surface area contributed by atoms with E-state index in [1.165, 1.54) is 12.8 Å². The van der Waals surface area contributed by atoms with Crippen molar-refractivity contribution in [3.8, 4) is 0 Å². The Kier molecular flexibility index (Phi) is 4.20. The number of benzene rings is 1. The maximum atomic E-state index is 11.0. The Balaban J connectivity index is 1.82. The third-order valence-electron chi connectivity index (χ3n) is 3.02. The topological polar surface area (TPSA) is 58.6 Å². The van der Waals surface area contributed by atoms with Crippen molar-refractivity contribution in [3.63, 3.8) is 0 Å². The van der Waals surface area contributed by atoms with E-state index in [2.05, 4.69) is 5.32 Å².